The first-order chi connectivity index (χ1) is 12.1. The van der Waals surface area contributed by atoms with Crippen LogP contribution in [0.5, 0.6) is 5.75 Å². The van der Waals surface area contributed by atoms with E-state index in [1.54, 1.807) is 7.11 Å². The van der Waals surface area contributed by atoms with Crippen LogP contribution in [0.25, 0.3) is 5.57 Å². The van der Waals surface area contributed by atoms with Gasteiger partial charge in [0.15, 0.2) is 0 Å². The minimum atomic E-state index is 0.666. The van der Waals surface area contributed by atoms with Crippen molar-refractivity contribution in [1.82, 2.24) is 0 Å². The fourth-order valence-electron chi connectivity index (χ4n) is 3.82. The van der Waals surface area contributed by atoms with E-state index in [1.165, 1.54) is 36.9 Å². The van der Waals surface area contributed by atoms with Gasteiger partial charge in [-0.25, -0.2) is 0 Å². The summed E-state index contributed by atoms with van der Waals surface area (Å²) in [6.45, 7) is 6.65. The summed E-state index contributed by atoms with van der Waals surface area (Å²) in [6, 6.07) is 17.6. The van der Waals surface area contributed by atoms with Crippen molar-refractivity contribution in [2.75, 3.05) is 19.1 Å². The largest absolute Gasteiger partial charge is 0.497 e. The third-order valence-corrected chi connectivity index (χ3v) is 5.52. The van der Waals surface area contributed by atoms with Crippen LogP contribution >= 0.6 is 0 Å². The van der Waals surface area contributed by atoms with E-state index in [2.05, 4.69) is 61.8 Å². The lowest BCUT2D eigenvalue weighted by atomic mass is 9.86. The summed E-state index contributed by atoms with van der Waals surface area (Å²) < 4.78 is 5.23. The number of benzene rings is 2. The molecule has 1 saturated carbocycles. The Morgan fingerprint density at radius 1 is 1.00 bits per heavy atom. The van der Waals surface area contributed by atoms with Crippen molar-refractivity contribution in [1.29, 1.82) is 0 Å². The summed E-state index contributed by atoms with van der Waals surface area (Å²) in [4.78, 5) is 2.45. The van der Waals surface area contributed by atoms with Gasteiger partial charge in [-0.3, -0.25) is 0 Å². The molecule has 25 heavy (non-hydrogen) atoms. The second-order valence-corrected chi connectivity index (χ2v) is 7.29. The van der Waals surface area contributed by atoms with E-state index in [4.69, 9.17) is 4.74 Å². The molecule has 1 fully saturated rings. The first-order valence-corrected chi connectivity index (χ1v) is 9.25. The van der Waals surface area contributed by atoms with Gasteiger partial charge in [-0.05, 0) is 59.7 Å². The number of ether oxygens (including phenoxy) is 1. The summed E-state index contributed by atoms with van der Waals surface area (Å²) in [7, 11) is 3.92. The number of methoxy groups -OCH3 is 1. The van der Waals surface area contributed by atoms with Gasteiger partial charge in [0.1, 0.15) is 5.75 Å². The third-order valence-electron chi connectivity index (χ3n) is 5.52. The number of anilines is 1. The zero-order valence-electron chi connectivity index (χ0n) is 15.7. The van der Waals surface area contributed by atoms with Gasteiger partial charge in [-0.2, -0.15) is 0 Å². The van der Waals surface area contributed by atoms with Crippen LogP contribution in [0.15, 0.2) is 55.1 Å². The molecule has 2 atom stereocenters. The van der Waals surface area contributed by atoms with Gasteiger partial charge in [0, 0.05) is 18.8 Å². The summed E-state index contributed by atoms with van der Waals surface area (Å²) in [6.07, 6.45) is 5.34. The molecule has 0 N–H and O–H groups in total. The molecule has 1 aliphatic carbocycles. The van der Waals surface area contributed by atoms with Gasteiger partial charge in [-0.15, -0.1) is 0 Å². The number of rotatable bonds is 5. The van der Waals surface area contributed by atoms with Gasteiger partial charge >= 0.3 is 0 Å². The predicted molar refractivity (Wildman–Crippen MR) is 107 cm³/mol. The highest BCUT2D eigenvalue weighted by Crippen LogP contribution is 2.31. The van der Waals surface area contributed by atoms with E-state index < -0.39 is 0 Å². The lowest BCUT2D eigenvalue weighted by molar-refractivity contribution is 0.336. The van der Waals surface area contributed by atoms with Crippen LogP contribution in [0.2, 0.25) is 0 Å². The molecule has 0 radical (unpaired) electrons. The highest BCUT2D eigenvalue weighted by atomic mass is 16.5. The van der Waals surface area contributed by atoms with Crippen molar-refractivity contribution in [2.24, 2.45) is 5.92 Å². The first kappa shape index (κ1) is 17.6. The maximum atomic E-state index is 5.23. The van der Waals surface area contributed by atoms with Crippen molar-refractivity contribution in [3.05, 3.63) is 66.2 Å². The average Bonchev–Trinajstić information content (AvgIpc) is 2.67. The minimum Gasteiger partial charge on any atom is -0.497 e. The minimum absolute atomic E-state index is 0.666. The molecule has 3 rings (SSSR count). The van der Waals surface area contributed by atoms with Crippen molar-refractivity contribution >= 4 is 11.3 Å². The molecular weight excluding hydrogens is 306 g/mol. The molecule has 2 aromatic carbocycles. The van der Waals surface area contributed by atoms with Crippen LogP contribution in [0.4, 0.5) is 5.69 Å². The molecule has 0 aromatic heterocycles. The summed E-state index contributed by atoms with van der Waals surface area (Å²) in [5.74, 6) is 1.71. The van der Waals surface area contributed by atoms with E-state index in [-0.39, 0.29) is 0 Å². The fraction of sp³-hybridized carbons (Fsp3) is 0.391. The summed E-state index contributed by atoms with van der Waals surface area (Å²) >= 11 is 0. The molecule has 0 saturated heterocycles. The second-order valence-electron chi connectivity index (χ2n) is 7.29. The molecule has 2 aromatic rings. The first-order valence-electron chi connectivity index (χ1n) is 9.25. The molecule has 0 aliphatic heterocycles. The van der Waals surface area contributed by atoms with Gasteiger partial charge in [0.2, 0.25) is 0 Å². The Kier molecular flexibility index (Phi) is 5.47. The Hall–Kier alpha value is -2.22. The van der Waals surface area contributed by atoms with E-state index in [1.807, 2.05) is 12.1 Å². The maximum Gasteiger partial charge on any atom is 0.118 e. The zero-order chi connectivity index (χ0) is 17.8. The molecule has 2 unspecified atom stereocenters. The zero-order valence-corrected chi connectivity index (χ0v) is 15.7. The third kappa shape index (κ3) is 4.07. The lowest BCUT2D eigenvalue weighted by Crippen LogP contribution is -2.35. The van der Waals surface area contributed by atoms with Gasteiger partial charge in [0.25, 0.3) is 0 Å². The molecular formula is C23H29NO. The molecule has 0 heterocycles. The standard InChI is InChI=1S/C23H29NO/c1-17-6-5-7-22(16-17)24(3)21-12-8-19(9-13-21)18(2)20-10-14-23(25-4)15-11-20/h8-15,17,22H,2,5-7,16H2,1,3-4H3. The maximum absolute atomic E-state index is 5.23. The molecule has 1 aliphatic rings. The molecule has 2 nitrogen and oxygen atoms in total. The van der Waals surface area contributed by atoms with Crippen LogP contribution in [0.3, 0.4) is 0 Å². The van der Waals surface area contributed by atoms with E-state index in [0.717, 1.165) is 22.8 Å². The van der Waals surface area contributed by atoms with Crippen LogP contribution < -0.4 is 9.64 Å². The van der Waals surface area contributed by atoms with Crippen LogP contribution in [0.1, 0.15) is 43.7 Å². The average molecular weight is 335 g/mol. The van der Waals surface area contributed by atoms with Crippen LogP contribution in [-0.2, 0) is 0 Å². The van der Waals surface area contributed by atoms with Crippen molar-refractivity contribution in [3.8, 4) is 5.75 Å². The Morgan fingerprint density at radius 3 is 2.16 bits per heavy atom. The lowest BCUT2D eigenvalue weighted by Gasteiger charge is -2.35. The Bertz CT molecular complexity index is 702. The highest BCUT2D eigenvalue weighted by molar-refractivity contribution is 5.79. The normalized spacial score (nSPS) is 20.1. The SMILES string of the molecule is C=C(c1ccc(OC)cc1)c1ccc(N(C)C2CCCC(C)C2)cc1. The van der Waals surface area contributed by atoms with Crippen LogP contribution in [-0.4, -0.2) is 20.2 Å². The smallest absolute Gasteiger partial charge is 0.118 e. The van der Waals surface area contributed by atoms with Gasteiger partial charge in [0.05, 0.1) is 7.11 Å². The fourth-order valence-corrected chi connectivity index (χ4v) is 3.82. The highest BCUT2D eigenvalue weighted by Gasteiger charge is 2.22. The van der Waals surface area contributed by atoms with Crippen molar-refractivity contribution in [2.45, 2.75) is 38.6 Å². The Balaban J connectivity index is 1.71. The van der Waals surface area contributed by atoms with Crippen molar-refractivity contribution in [3.63, 3.8) is 0 Å². The van der Waals surface area contributed by atoms with Crippen molar-refractivity contribution < 1.29 is 4.74 Å². The van der Waals surface area contributed by atoms with E-state index in [0.29, 0.717) is 6.04 Å². The monoisotopic (exact) mass is 335 g/mol. The predicted octanol–water partition coefficient (Wildman–Crippen LogP) is 5.77. The molecule has 2 heteroatoms. The molecule has 132 valence electrons. The van der Waals surface area contributed by atoms with Crippen LogP contribution in [0, 0.1) is 5.92 Å². The topological polar surface area (TPSA) is 12.5 Å². The summed E-state index contributed by atoms with van der Waals surface area (Å²) in [5.41, 5.74) is 4.64. The Morgan fingerprint density at radius 2 is 1.60 bits per heavy atom. The Labute approximate surface area is 152 Å². The quantitative estimate of drug-likeness (QED) is 0.687. The van der Waals surface area contributed by atoms with E-state index >= 15 is 0 Å². The summed E-state index contributed by atoms with van der Waals surface area (Å²) in [5, 5.41) is 0. The number of nitrogens with zero attached hydrogens (tertiary/aromatic N) is 1. The number of hydrogen-bond donors (Lipinski definition) is 0. The number of hydrogen-bond acceptors (Lipinski definition) is 2. The van der Waals surface area contributed by atoms with Gasteiger partial charge in [-0.1, -0.05) is 50.6 Å². The van der Waals surface area contributed by atoms with Gasteiger partial charge < -0.3 is 9.64 Å². The molecule has 0 amide bonds. The molecule has 0 spiro atoms. The van der Waals surface area contributed by atoms with E-state index in [9.17, 15) is 0 Å². The molecule has 0 bridgehead atoms. The second kappa shape index (κ2) is 7.77.